The molecule has 0 spiro atoms. The zero-order valence-corrected chi connectivity index (χ0v) is 11.9. The lowest BCUT2D eigenvalue weighted by Gasteiger charge is -2.40. The van der Waals surface area contributed by atoms with Crippen molar-refractivity contribution in [2.75, 3.05) is 5.32 Å². The van der Waals surface area contributed by atoms with E-state index in [-0.39, 0.29) is 0 Å². The van der Waals surface area contributed by atoms with E-state index in [4.69, 9.17) is 4.52 Å². The van der Waals surface area contributed by atoms with Crippen LogP contribution in [0.4, 0.5) is 5.69 Å². The highest BCUT2D eigenvalue weighted by Crippen LogP contribution is 2.61. The van der Waals surface area contributed by atoms with Crippen molar-refractivity contribution in [3.8, 4) is 5.75 Å². The first-order valence-electron chi connectivity index (χ1n) is 6.25. The van der Waals surface area contributed by atoms with E-state index in [9.17, 15) is 4.57 Å². The Labute approximate surface area is 113 Å². The molecule has 0 saturated carbocycles. The second kappa shape index (κ2) is 4.14. The van der Waals surface area contributed by atoms with Gasteiger partial charge in [0.25, 0.3) is 0 Å². The average Bonchev–Trinajstić information content (AvgIpc) is 2.40. The zero-order valence-electron chi connectivity index (χ0n) is 11.0. The van der Waals surface area contributed by atoms with Crippen molar-refractivity contribution in [3.05, 3.63) is 54.6 Å². The molecule has 0 saturated heterocycles. The maximum absolute atomic E-state index is 13.4. The summed E-state index contributed by atoms with van der Waals surface area (Å²) in [5.41, 5.74) is 0.884. The molecule has 1 heterocycles. The van der Waals surface area contributed by atoms with Gasteiger partial charge in [-0.3, -0.25) is 4.57 Å². The fourth-order valence-corrected chi connectivity index (χ4v) is 4.55. The SMILES string of the molecule is CC1(C)Nc2ccccc2OP1(=O)c1ccccc1. The van der Waals surface area contributed by atoms with Crippen molar-refractivity contribution in [2.24, 2.45) is 0 Å². The first kappa shape index (κ1) is 12.3. The van der Waals surface area contributed by atoms with Gasteiger partial charge in [0.2, 0.25) is 0 Å². The predicted molar refractivity (Wildman–Crippen MR) is 78.5 cm³/mol. The summed E-state index contributed by atoms with van der Waals surface area (Å²) in [7, 11) is -3.01. The minimum Gasteiger partial charge on any atom is -0.436 e. The molecule has 1 N–H and O–H groups in total. The molecule has 3 rings (SSSR count). The van der Waals surface area contributed by atoms with Gasteiger partial charge in [-0.15, -0.1) is 0 Å². The van der Waals surface area contributed by atoms with Gasteiger partial charge in [-0.2, -0.15) is 0 Å². The first-order valence-corrected chi connectivity index (χ1v) is 7.88. The Hall–Kier alpha value is -1.73. The van der Waals surface area contributed by atoms with Crippen molar-refractivity contribution in [1.29, 1.82) is 0 Å². The van der Waals surface area contributed by atoms with Crippen molar-refractivity contribution >= 4 is 18.4 Å². The van der Waals surface area contributed by atoms with E-state index < -0.39 is 12.6 Å². The van der Waals surface area contributed by atoms with Crippen LogP contribution in [0.3, 0.4) is 0 Å². The van der Waals surface area contributed by atoms with Gasteiger partial charge in [0.1, 0.15) is 11.0 Å². The number of benzene rings is 2. The number of fused-ring (bicyclic) bond motifs is 1. The van der Waals surface area contributed by atoms with Gasteiger partial charge in [0.15, 0.2) is 0 Å². The lowest BCUT2D eigenvalue weighted by atomic mass is 10.2. The molecule has 1 atom stereocenters. The van der Waals surface area contributed by atoms with Crippen LogP contribution in [0, 0.1) is 0 Å². The molecule has 1 aliphatic heterocycles. The predicted octanol–water partition coefficient (Wildman–Crippen LogP) is 3.83. The monoisotopic (exact) mass is 273 g/mol. The molecule has 2 aromatic rings. The van der Waals surface area contributed by atoms with E-state index in [2.05, 4.69) is 5.32 Å². The molecular formula is C15H16NO2P. The fraction of sp³-hybridized carbons (Fsp3) is 0.200. The fourth-order valence-electron chi connectivity index (χ4n) is 2.30. The Morgan fingerprint density at radius 1 is 1.00 bits per heavy atom. The summed E-state index contributed by atoms with van der Waals surface area (Å²) in [6.07, 6.45) is 0. The summed E-state index contributed by atoms with van der Waals surface area (Å²) in [5.74, 6) is 0.647. The van der Waals surface area contributed by atoms with Crippen molar-refractivity contribution in [1.82, 2.24) is 0 Å². The highest BCUT2D eigenvalue weighted by Gasteiger charge is 2.48. The second-order valence-electron chi connectivity index (χ2n) is 5.16. The maximum Gasteiger partial charge on any atom is 0.301 e. The standard InChI is InChI=1S/C15H16NO2P/c1-15(2)16-13-10-6-7-11-14(13)18-19(15,17)12-8-4-3-5-9-12/h3-11,16H,1-2H3. The Balaban J connectivity index is 2.15. The number of rotatable bonds is 1. The molecule has 1 aliphatic rings. The van der Waals surface area contributed by atoms with Gasteiger partial charge in [-0.25, -0.2) is 0 Å². The number of nitrogens with one attached hydrogen (secondary N) is 1. The van der Waals surface area contributed by atoms with Gasteiger partial charge in [-0.05, 0) is 38.1 Å². The van der Waals surface area contributed by atoms with Gasteiger partial charge < -0.3 is 9.84 Å². The van der Waals surface area contributed by atoms with Gasteiger partial charge in [0, 0.05) is 0 Å². The molecule has 0 aromatic heterocycles. The van der Waals surface area contributed by atoms with Crippen LogP contribution in [0.25, 0.3) is 0 Å². The molecule has 0 amide bonds. The summed E-state index contributed by atoms with van der Waals surface area (Å²) in [6.45, 7) is 3.83. The lowest BCUT2D eigenvalue weighted by molar-refractivity contribution is 0.454. The van der Waals surface area contributed by atoms with Crippen molar-refractivity contribution in [3.63, 3.8) is 0 Å². The van der Waals surface area contributed by atoms with Gasteiger partial charge >= 0.3 is 7.37 Å². The summed E-state index contributed by atoms with van der Waals surface area (Å²) >= 11 is 0. The minimum absolute atomic E-state index is 0.636. The highest BCUT2D eigenvalue weighted by atomic mass is 31.2. The zero-order chi connectivity index (χ0) is 13.5. The minimum atomic E-state index is -3.01. The molecule has 0 fully saturated rings. The second-order valence-corrected chi connectivity index (χ2v) is 8.08. The first-order chi connectivity index (χ1) is 9.03. The third-order valence-corrected chi connectivity index (χ3v) is 6.40. The quantitative estimate of drug-likeness (QED) is 0.802. The van der Waals surface area contributed by atoms with Crippen LogP contribution in [0.2, 0.25) is 0 Å². The Morgan fingerprint density at radius 3 is 2.37 bits per heavy atom. The lowest BCUT2D eigenvalue weighted by Crippen LogP contribution is -2.40. The normalized spacial score (nSPS) is 23.9. The molecular weight excluding hydrogens is 257 g/mol. The Bertz CT molecular complexity index is 652. The summed E-state index contributed by atoms with van der Waals surface area (Å²) in [4.78, 5) is 0. The summed E-state index contributed by atoms with van der Waals surface area (Å²) < 4.78 is 19.3. The maximum atomic E-state index is 13.4. The number of anilines is 1. The van der Waals surface area contributed by atoms with Crippen LogP contribution in [0.15, 0.2) is 54.6 Å². The van der Waals surface area contributed by atoms with Crippen LogP contribution < -0.4 is 15.1 Å². The van der Waals surface area contributed by atoms with E-state index >= 15 is 0 Å². The Morgan fingerprint density at radius 2 is 1.63 bits per heavy atom. The van der Waals surface area contributed by atoms with Gasteiger partial charge in [0.05, 0.1) is 11.0 Å². The largest absolute Gasteiger partial charge is 0.436 e. The van der Waals surface area contributed by atoms with Crippen LogP contribution >= 0.6 is 7.37 Å². The van der Waals surface area contributed by atoms with E-state index in [1.54, 1.807) is 0 Å². The Kier molecular flexibility index (Phi) is 2.68. The number of hydrogen-bond acceptors (Lipinski definition) is 3. The topological polar surface area (TPSA) is 38.3 Å². The molecule has 1 unspecified atom stereocenters. The van der Waals surface area contributed by atoms with E-state index in [0.29, 0.717) is 5.75 Å². The highest BCUT2D eigenvalue weighted by molar-refractivity contribution is 7.69. The van der Waals surface area contributed by atoms with Crippen LogP contribution in [-0.2, 0) is 4.57 Å². The molecule has 2 aromatic carbocycles. The third-order valence-electron chi connectivity index (χ3n) is 3.39. The van der Waals surface area contributed by atoms with Gasteiger partial charge in [-0.1, -0.05) is 30.3 Å². The van der Waals surface area contributed by atoms with Crippen LogP contribution in [0.5, 0.6) is 5.75 Å². The van der Waals surface area contributed by atoms with E-state index in [1.165, 1.54) is 0 Å². The average molecular weight is 273 g/mol. The smallest absolute Gasteiger partial charge is 0.301 e. The van der Waals surface area contributed by atoms with E-state index in [1.807, 2.05) is 68.4 Å². The molecule has 4 heteroatoms. The van der Waals surface area contributed by atoms with E-state index in [0.717, 1.165) is 11.0 Å². The summed E-state index contributed by atoms with van der Waals surface area (Å²) in [6, 6.07) is 17.0. The third kappa shape index (κ3) is 1.85. The molecule has 98 valence electrons. The number of para-hydroxylation sites is 2. The van der Waals surface area contributed by atoms with Crippen LogP contribution in [0.1, 0.15) is 13.8 Å². The molecule has 19 heavy (non-hydrogen) atoms. The molecule has 0 radical (unpaired) electrons. The van der Waals surface area contributed by atoms with Crippen LogP contribution in [-0.4, -0.2) is 5.28 Å². The molecule has 0 aliphatic carbocycles. The number of hydrogen-bond donors (Lipinski definition) is 1. The summed E-state index contributed by atoms with van der Waals surface area (Å²) in [5, 5.41) is 3.44. The molecule has 0 bridgehead atoms. The van der Waals surface area contributed by atoms with Crippen molar-refractivity contribution in [2.45, 2.75) is 19.1 Å². The van der Waals surface area contributed by atoms with Crippen molar-refractivity contribution < 1.29 is 9.09 Å². The molecule has 3 nitrogen and oxygen atoms in total.